The van der Waals surface area contributed by atoms with Crippen LogP contribution >= 0.6 is 0 Å². The first kappa shape index (κ1) is 21.6. The zero-order chi connectivity index (χ0) is 19.7. The van der Waals surface area contributed by atoms with E-state index in [1.807, 2.05) is 34.6 Å². The largest absolute Gasteiger partial charge is 0.490 e. The Balaban J connectivity index is 3.13. The zero-order valence-electron chi connectivity index (χ0n) is 16.5. The van der Waals surface area contributed by atoms with Gasteiger partial charge in [-0.1, -0.05) is 0 Å². The van der Waals surface area contributed by atoms with Crippen LogP contribution in [0.3, 0.4) is 0 Å². The molecule has 0 bridgehead atoms. The van der Waals surface area contributed by atoms with Gasteiger partial charge in [-0.15, -0.1) is 0 Å². The Morgan fingerprint density at radius 1 is 1.00 bits per heavy atom. The number of hydrogen-bond acceptors (Lipinski definition) is 5. The third-order valence-electron chi connectivity index (χ3n) is 3.33. The highest BCUT2D eigenvalue weighted by Crippen LogP contribution is 2.39. The summed E-state index contributed by atoms with van der Waals surface area (Å²) in [4.78, 5) is 26.0. The standard InChI is InChI=1S/C19H30N2O5/c1-7-24-15-10-14(11-16(25-8-2)18(15)26-9-3)19(23)21(6)12-17(22)20-13(4)5/h10-11,13H,7-9,12H2,1-6H3,(H,20,22). The van der Waals surface area contributed by atoms with Crippen LogP contribution in [0, 0.1) is 0 Å². The lowest BCUT2D eigenvalue weighted by Gasteiger charge is -2.20. The van der Waals surface area contributed by atoms with E-state index in [1.165, 1.54) is 4.90 Å². The van der Waals surface area contributed by atoms with Gasteiger partial charge in [-0.05, 0) is 46.8 Å². The lowest BCUT2D eigenvalue weighted by molar-refractivity contribution is -0.122. The number of nitrogens with one attached hydrogen (secondary N) is 1. The predicted octanol–water partition coefficient (Wildman–Crippen LogP) is 2.48. The molecule has 0 spiro atoms. The Morgan fingerprint density at radius 2 is 1.50 bits per heavy atom. The quantitative estimate of drug-likeness (QED) is 0.688. The van der Waals surface area contributed by atoms with E-state index in [4.69, 9.17) is 14.2 Å². The first-order valence-electron chi connectivity index (χ1n) is 8.95. The number of carbonyl (C=O) groups is 2. The van der Waals surface area contributed by atoms with E-state index in [0.29, 0.717) is 42.6 Å². The van der Waals surface area contributed by atoms with Gasteiger partial charge in [0.25, 0.3) is 5.91 Å². The fourth-order valence-electron chi connectivity index (χ4n) is 2.39. The molecule has 0 aliphatic carbocycles. The molecule has 0 atom stereocenters. The highest BCUT2D eigenvalue weighted by Gasteiger charge is 2.21. The van der Waals surface area contributed by atoms with Crippen LogP contribution in [0.1, 0.15) is 45.0 Å². The number of hydrogen-bond donors (Lipinski definition) is 1. The summed E-state index contributed by atoms with van der Waals surface area (Å²) < 4.78 is 16.9. The fourth-order valence-corrected chi connectivity index (χ4v) is 2.39. The molecule has 0 radical (unpaired) electrons. The molecule has 7 nitrogen and oxygen atoms in total. The highest BCUT2D eigenvalue weighted by molar-refractivity contribution is 5.97. The van der Waals surface area contributed by atoms with Crippen molar-refractivity contribution < 1.29 is 23.8 Å². The molecule has 0 aromatic heterocycles. The molecule has 0 heterocycles. The molecule has 0 aliphatic rings. The summed E-state index contributed by atoms with van der Waals surface area (Å²) in [5.41, 5.74) is 0.375. The minimum Gasteiger partial charge on any atom is -0.490 e. The predicted molar refractivity (Wildman–Crippen MR) is 100 cm³/mol. The van der Waals surface area contributed by atoms with Gasteiger partial charge in [-0.25, -0.2) is 0 Å². The van der Waals surface area contributed by atoms with E-state index in [0.717, 1.165) is 0 Å². The Labute approximate surface area is 155 Å². The molecule has 1 aromatic carbocycles. The van der Waals surface area contributed by atoms with Crippen molar-refractivity contribution in [1.82, 2.24) is 10.2 Å². The van der Waals surface area contributed by atoms with Crippen molar-refractivity contribution in [2.45, 2.75) is 40.7 Å². The van der Waals surface area contributed by atoms with Crippen molar-refractivity contribution in [3.8, 4) is 17.2 Å². The van der Waals surface area contributed by atoms with E-state index >= 15 is 0 Å². The highest BCUT2D eigenvalue weighted by atomic mass is 16.5. The molecule has 146 valence electrons. The van der Waals surface area contributed by atoms with Crippen molar-refractivity contribution in [3.05, 3.63) is 17.7 Å². The molecule has 0 saturated heterocycles. The van der Waals surface area contributed by atoms with Gasteiger partial charge in [0.15, 0.2) is 11.5 Å². The molecule has 1 N–H and O–H groups in total. The van der Waals surface area contributed by atoms with Crippen LogP contribution in [0.4, 0.5) is 0 Å². The molecule has 0 unspecified atom stereocenters. The molecular formula is C19H30N2O5. The van der Waals surface area contributed by atoms with Crippen molar-refractivity contribution in [2.75, 3.05) is 33.4 Å². The second kappa shape index (κ2) is 10.5. The monoisotopic (exact) mass is 366 g/mol. The number of ether oxygens (including phenoxy) is 3. The maximum Gasteiger partial charge on any atom is 0.254 e. The lowest BCUT2D eigenvalue weighted by Crippen LogP contribution is -2.40. The van der Waals surface area contributed by atoms with E-state index in [1.54, 1.807) is 19.2 Å². The first-order chi connectivity index (χ1) is 12.3. The van der Waals surface area contributed by atoms with E-state index in [9.17, 15) is 9.59 Å². The zero-order valence-corrected chi connectivity index (χ0v) is 16.5. The average molecular weight is 366 g/mol. The second-order valence-corrected chi connectivity index (χ2v) is 5.98. The number of nitrogens with zero attached hydrogens (tertiary/aromatic N) is 1. The number of rotatable bonds is 10. The van der Waals surface area contributed by atoms with Crippen LogP contribution in [0.15, 0.2) is 12.1 Å². The minimum atomic E-state index is -0.297. The lowest BCUT2D eigenvalue weighted by atomic mass is 10.1. The third kappa shape index (κ3) is 6.13. The minimum absolute atomic E-state index is 0.0191. The summed E-state index contributed by atoms with van der Waals surface area (Å²) in [6.45, 7) is 10.6. The summed E-state index contributed by atoms with van der Waals surface area (Å²) >= 11 is 0. The van der Waals surface area contributed by atoms with Crippen molar-refractivity contribution in [3.63, 3.8) is 0 Å². The molecule has 1 rings (SSSR count). The van der Waals surface area contributed by atoms with Crippen LogP contribution in [-0.4, -0.2) is 56.2 Å². The Hall–Kier alpha value is -2.44. The fraction of sp³-hybridized carbons (Fsp3) is 0.579. The summed E-state index contributed by atoms with van der Waals surface area (Å²) in [5.74, 6) is 0.867. The van der Waals surface area contributed by atoms with E-state index in [-0.39, 0.29) is 24.4 Å². The molecule has 0 aliphatic heterocycles. The van der Waals surface area contributed by atoms with Gasteiger partial charge in [0.1, 0.15) is 0 Å². The summed E-state index contributed by atoms with van der Waals surface area (Å²) in [6.07, 6.45) is 0. The Morgan fingerprint density at radius 3 is 1.92 bits per heavy atom. The van der Waals surface area contributed by atoms with Gasteiger partial charge in [-0.2, -0.15) is 0 Å². The molecule has 0 fully saturated rings. The maximum absolute atomic E-state index is 12.7. The normalized spacial score (nSPS) is 10.4. The second-order valence-electron chi connectivity index (χ2n) is 5.98. The number of amides is 2. The smallest absolute Gasteiger partial charge is 0.254 e. The SMILES string of the molecule is CCOc1cc(C(=O)N(C)CC(=O)NC(C)C)cc(OCC)c1OCC. The maximum atomic E-state index is 12.7. The van der Waals surface area contributed by atoms with Gasteiger partial charge in [-0.3, -0.25) is 9.59 Å². The molecule has 26 heavy (non-hydrogen) atoms. The molecule has 2 amide bonds. The van der Waals surface area contributed by atoms with Gasteiger partial charge in [0.2, 0.25) is 11.7 Å². The van der Waals surface area contributed by atoms with Crippen LogP contribution in [-0.2, 0) is 4.79 Å². The van der Waals surface area contributed by atoms with Gasteiger partial charge < -0.3 is 24.4 Å². The summed E-state index contributed by atoms with van der Waals surface area (Å²) in [7, 11) is 1.58. The van der Waals surface area contributed by atoms with E-state index in [2.05, 4.69) is 5.32 Å². The van der Waals surface area contributed by atoms with Crippen LogP contribution < -0.4 is 19.5 Å². The molecular weight excluding hydrogens is 336 g/mol. The van der Waals surface area contributed by atoms with E-state index < -0.39 is 0 Å². The van der Waals surface area contributed by atoms with Crippen molar-refractivity contribution >= 4 is 11.8 Å². The van der Waals surface area contributed by atoms with Gasteiger partial charge in [0.05, 0.1) is 26.4 Å². The number of carbonyl (C=O) groups excluding carboxylic acids is 2. The molecule has 0 saturated carbocycles. The average Bonchev–Trinajstić information content (AvgIpc) is 2.56. The van der Waals surface area contributed by atoms with Gasteiger partial charge in [0, 0.05) is 18.7 Å². The first-order valence-corrected chi connectivity index (χ1v) is 8.95. The van der Waals surface area contributed by atoms with Crippen molar-refractivity contribution in [2.24, 2.45) is 0 Å². The number of likely N-dealkylation sites (N-methyl/N-ethyl adjacent to an activating group) is 1. The van der Waals surface area contributed by atoms with Crippen LogP contribution in [0.25, 0.3) is 0 Å². The third-order valence-corrected chi connectivity index (χ3v) is 3.33. The number of benzene rings is 1. The van der Waals surface area contributed by atoms with Crippen LogP contribution in [0.5, 0.6) is 17.2 Å². The van der Waals surface area contributed by atoms with Crippen LogP contribution in [0.2, 0.25) is 0 Å². The molecule has 1 aromatic rings. The topological polar surface area (TPSA) is 77.1 Å². The van der Waals surface area contributed by atoms with Gasteiger partial charge >= 0.3 is 0 Å². The summed E-state index contributed by atoms with van der Waals surface area (Å²) in [5, 5.41) is 2.77. The Kier molecular flexibility index (Phi) is 8.75. The van der Waals surface area contributed by atoms with Crippen molar-refractivity contribution in [1.29, 1.82) is 0 Å². The Bertz CT molecular complexity index is 589. The summed E-state index contributed by atoms with van der Waals surface area (Å²) in [6, 6.07) is 3.26. The molecule has 7 heteroatoms.